The standard InChI is InChI=1S/C23H26N4O3S/c1-29-19-4-2-3-18(16-19)25-7-9-26(10-8-25)22(28)17-5-6-20-21(15-17)31-23(24-20)27-11-13-30-14-12-27/h2-6,15-16H,7-14H2,1H3. The van der Waals surface area contributed by atoms with Crippen LogP contribution < -0.4 is 14.5 Å². The highest BCUT2D eigenvalue weighted by atomic mass is 32.1. The fourth-order valence-corrected chi connectivity index (χ4v) is 5.15. The number of rotatable bonds is 4. The molecule has 2 saturated heterocycles. The number of carbonyl (C=O) groups is 1. The third kappa shape index (κ3) is 4.18. The van der Waals surface area contributed by atoms with Gasteiger partial charge < -0.3 is 24.2 Å². The third-order valence-corrected chi connectivity index (χ3v) is 6.97. The Morgan fingerprint density at radius 3 is 2.58 bits per heavy atom. The zero-order chi connectivity index (χ0) is 21.2. The molecule has 0 aliphatic carbocycles. The molecule has 3 heterocycles. The number of amides is 1. The van der Waals surface area contributed by atoms with Crippen molar-refractivity contribution in [3.8, 4) is 5.75 Å². The first kappa shape index (κ1) is 20.1. The van der Waals surface area contributed by atoms with Crippen molar-refractivity contribution in [1.29, 1.82) is 0 Å². The Kier molecular flexibility index (Phi) is 5.65. The maximum absolute atomic E-state index is 13.1. The molecular formula is C23H26N4O3S. The second kappa shape index (κ2) is 8.72. The molecule has 0 N–H and O–H groups in total. The van der Waals surface area contributed by atoms with Crippen LogP contribution in [0.3, 0.4) is 0 Å². The van der Waals surface area contributed by atoms with Crippen LogP contribution in [0.15, 0.2) is 42.5 Å². The van der Waals surface area contributed by atoms with E-state index in [0.717, 1.165) is 71.7 Å². The van der Waals surface area contributed by atoms with Gasteiger partial charge in [0.1, 0.15) is 5.75 Å². The monoisotopic (exact) mass is 438 g/mol. The summed E-state index contributed by atoms with van der Waals surface area (Å²) in [6.45, 7) is 6.23. The number of nitrogens with zero attached hydrogens (tertiary/aromatic N) is 4. The van der Waals surface area contributed by atoms with Crippen LogP contribution in [-0.4, -0.2) is 75.4 Å². The average Bonchev–Trinajstić information content (AvgIpc) is 3.28. The van der Waals surface area contributed by atoms with E-state index in [1.807, 2.05) is 41.3 Å². The highest BCUT2D eigenvalue weighted by Gasteiger charge is 2.23. The van der Waals surface area contributed by atoms with E-state index in [1.54, 1.807) is 18.4 Å². The molecular weight excluding hydrogens is 412 g/mol. The Hall–Kier alpha value is -2.84. The van der Waals surface area contributed by atoms with Gasteiger partial charge in [-0.2, -0.15) is 0 Å². The fraction of sp³-hybridized carbons (Fsp3) is 0.391. The smallest absolute Gasteiger partial charge is 0.254 e. The summed E-state index contributed by atoms with van der Waals surface area (Å²) < 4.78 is 11.8. The molecule has 5 rings (SSSR count). The number of aromatic nitrogens is 1. The summed E-state index contributed by atoms with van der Waals surface area (Å²) in [5, 5.41) is 1.01. The number of carbonyl (C=O) groups excluding carboxylic acids is 1. The van der Waals surface area contributed by atoms with Crippen LogP contribution in [0, 0.1) is 0 Å². The molecule has 7 nitrogen and oxygen atoms in total. The number of benzene rings is 2. The van der Waals surface area contributed by atoms with Crippen LogP contribution in [0.4, 0.5) is 10.8 Å². The van der Waals surface area contributed by atoms with Crippen molar-refractivity contribution in [2.45, 2.75) is 0 Å². The number of morpholine rings is 1. The van der Waals surface area contributed by atoms with Crippen LogP contribution in [0.25, 0.3) is 10.2 Å². The van der Waals surface area contributed by atoms with E-state index in [2.05, 4.69) is 15.9 Å². The van der Waals surface area contributed by atoms with Gasteiger partial charge in [0.2, 0.25) is 0 Å². The highest BCUT2D eigenvalue weighted by molar-refractivity contribution is 7.22. The number of thiazole rings is 1. The van der Waals surface area contributed by atoms with Crippen molar-refractivity contribution in [2.75, 3.05) is 69.4 Å². The normalized spacial score (nSPS) is 17.3. The maximum Gasteiger partial charge on any atom is 0.254 e. The van der Waals surface area contributed by atoms with Crippen LogP contribution in [0.2, 0.25) is 0 Å². The highest BCUT2D eigenvalue weighted by Crippen LogP contribution is 2.30. The van der Waals surface area contributed by atoms with Crippen molar-refractivity contribution in [2.24, 2.45) is 0 Å². The molecule has 31 heavy (non-hydrogen) atoms. The minimum Gasteiger partial charge on any atom is -0.497 e. The van der Waals surface area contributed by atoms with Gasteiger partial charge in [0.15, 0.2) is 5.13 Å². The van der Waals surface area contributed by atoms with Gasteiger partial charge in [-0.05, 0) is 30.3 Å². The SMILES string of the molecule is COc1cccc(N2CCN(C(=O)c3ccc4nc(N5CCOCC5)sc4c3)CC2)c1. The predicted octanol–water partition coefficient (Wildman–Crippen LogP) is 3.10. The van der Waals surface area contributed by atoms with E-state index in [9.17, 15) is 4.79 Å². The van der Waals surface area contributed by atoms with Gasteiger partial charge in [-0.25, -0.2) is 4.98 Å². The number of piperazine rings is 1. The zero-order valence-electron chi connectivity index (χ0n) is 17.6. The lowest BCUT2D eigenvalue weighted by Gasteiger charge is -2.36. The summed E-state index contributed by atoms with van der Waals surface area (Å²) in [4.78, 5) is 24.4. The van der Waals surface area contributed by atoms with E-state index in [1.165, 1.54) is 0 Å². The molecule has 0 radical (unpaired) electrons. The average molecular weight is 439 g/mol. The second-order valence-electron chi connectivity index (χ2n) is 7.76. The van der Waals surface area contributed by atoms with E-state index in [0.29, 0.717) is 13.1 Å². The number of ether oxygens (including phenoxy) is 2. The lowest BCUT2D eigenvalue weighted by molar-refractivity contribution is 0.0747. The predicted molar refractivity (Wildman–Crippen MR) is 124 cm³/mol. The minimum atomic E-state index is 0.0912. The van der Waals surface area contributed by atoms with E-state index < -0.39 is 0 Å². The van der Waals surface area contributed by atoms with E-state index >= 15 is 0 Å². The van der Waals surface area contributed by atoms with Crippen LogP contribution in [-0.2, 0) is 4.74 Å². The number of hydrogen-bond donors (Lipinski definition) is 0. The van der Waals surface area contributed by atoms with Crippen LogP contribution in [0.5, 0.6) is 5.75 Å². The number of anilines is 2. The summed E-state index contributed by atoms with van der Waals surface area (Å²) in [6.07, 6.45) is 0. The molecule has 0 atom stereocenters. The summed E-state index contributed by atoms with van der Waals surface area (Å²) in [6, 6.07) is 13.9. The van der Waals surface area contributed by atoms with Crippen molar-refractivity contribution < 1.29 is 14.3 Å². The molecule has 0 bridgehead atoms. The Morgan fingerprint density at radius 2 is 1.81 bits per heavy atom. The third-order valence-electron chi connectivity index (χ3n) is 5.89. The lowest BCUT2D eigenvalue weighted by atomic mass is 10.1. The molecule has 0 spiro atoms. The van der Waals surface area contributed by atoms with Gasteiger partial charge in [-0.15, -0.1) is 0 Å². The molecule has 162 valence electrons. The molecule has 2 aromatic carbocycles. The first-order valence-corrected chi connectivity index (χ1v) is 11.4. The van der Waals surface area contributed by atoms with Gasteiger partial charge in [-0.3, -0.25) is 4.79 Å². The topological polar surface area (TPSA) is 58.1 Å². The second-order valence-corrected chi connectivity index (χ2v) is 8.77. The van der Waals surface area contributed by atoms with Gasteiger partial charge in [0.25, 0.3) is 5.91 Å². The summed E-state index contributed by atoms with van der Waals surface area (Å²) >= 11 is 1.65. The van der Waals surface area contributed by atoms with E-state index in [-0.39, 0.29) is 5.91 Å². The molecule has 0 saturated carbocycles. The van der Waals surface area contributed by atoms with Gasteiger partial charge in [0, 0.05) is 56.6 Å². The molecule has 1 amide bonds. The molecule has 8 heteroatoms. The van der Waals surface area contributed by atoms with Gasteiger partial charge >= 0.3 is 0 Å². The van der Waals surface area contributed by atoms with Gasteiger partial charge in [-0.1, -0.05) is 17.4 Å². The van der Waals surface area contributed by atoms with Crippen molar-refractivity contribution in [1.82, 2.24) is 9.88 Å². The largest absolute Gasteiger partial charge is 0.497 e. The van der Waals surface area contributed by atoms with Crippen LogP contribution in [0.1, 0.15) is 10.4 Å². The van der Waals surface area contributed by atoms with E-state index in [4.69, 9.17) is 14.5 Å². The first-order chi connectivity index (χ1) is 15.2. The Labute approximate surface area is 185 Å². The van der Waals surface area contributed by atoms with Crippen molar-refractivity contribution >= 4 is 38.3 Å². The maximum atomic E-state index is 13.1. The Morgan fingerprint density at radius 1 is 1.00 bits per heavy atom. The van der Waals surface area contributed by atoms with Crippen molar-refractivity contribution in [3.63, 3.8) is 0 Å². The van der Waals surface area contributed by atoms with Gasteiger partial charge in [0.05, 0.1) is 30.5 Å². The summed E-state index contributed by atoms with van der Waals surface area (Å²) in [7, 11) is 1.68. The molecule has 2 fully saturated rings. The fourth-order valence-electron chi connectivity index (χ4n) is 4.09. The molecule has 0 unspecified atom stereocenters. The first-order valence-electron chi connectivity index (χ1n) is 10.6. The van der Waals surface area contributed by atoms with Crippen LogP contribution >= 0.6 is 11.3 Å². The number of fused-ring (bicyclic) bond motifs is 1. The molecule has 3 aromatic rings. The quantitative estimate of drug-likeness (QED) is 0.624. The minimum absolute atomic E-state index is 0.0912. The lowest BCUT2D eigenvalue weighted by Crippen LogP contribution is -2.48. The summed E-state index contributed by atoms with van der Waals surface area (Å²) in [5.41, 5.74) is 2.82. The van der Waals surface area contributed by atoms with Crippen molar-refractivity contribution in [3.05, 3.63) is 48.0 Å². The Bertz CT molecular complexity index is 1070. The zero-order valence-corrected chi connectivity index (χ0v) is 18.4. The summed E-state index contributed by atoms with van der Waals surface area (Å²) in [5.74, 6) is 0.943. The molecule has 2 aliphatic rings. The Balaban J connectivity index is 1.26. The number of hydrogen-bond acceptors (Lipinski definition) is 7. The molecule has 2 aliphatic heterocycles. The number of methoxy groups -OCH3 is 1. The molecule has 1 aromatic heterocycles.